The van der Waals surface area contributed by atoms with E-state index >= 15 is 0 Å². The van der Waals surface area contributed by atoms with Crippen LogP contribution in [0.15, 0.2) is 29.3 Å². The molecule has 7 heteroatoms. The highest BCUT2D eigenvalue weighted by molar-refractivity contribution is 14.0. The van der Waals surface area contributed by atoms with E-state index in [1.54, 1.807) is 7.11 Å². The molecule has 2 atom stereocenters. The van der Waals surface area contributed by atoms with Crippen molar-refractivity contribution in [3.05, 3.63) is 35.4 Å². The molecule has 3 rings (SSSR count). The topological polar surface area (TPSA) is 58.1 Å². The van der Waals surface area contributed by atoms with Gasteiger partial charge in [0, 0.05) is 46.3 Å². The second-order valence-corrected chi connectivity index (χ2v) is 8.72. The first-order chi connectivity index (χ1) is 14.7. The minimum Gasteiger partial charge on any atom is -0.383 e. The lowest BCUT2D eigenvalue weighted by atomic mass is 9.89. The normalized spacial score (nSPS) is 23.3. The van der Waals surface area contributed by atoms with Crippen molar-refractivity contribution >= 4 is 29.9 Å². The number of hydrogen-bond acceptors (Lipinski definition) is 4. The molecule has 0 amide bonds. The number of guanidine groups is 1. The molecule has 0 spiro atoms. The number of likely N-dealkylation sites (tertiary alicyclic amines) is 1. The molecule has 2 N–H and O–H groups in total. The van der Waals surface area contributed by atoms with Crippen molar-refractivity contribution in [2.75, 3.05) is 60.1 Å². The van der Waals surface area contributed by atoms with Crippen LogP contribution in [0.1, 0.15) is 42.9 Å². The van der Waals surface area contributed by atoms with E-state index in [1.165, 1.54) is 43.5 Å². The summed E-state index contributed by atoms with van der Waals surface area (Å²) in [6.45, 7) is 9.06. The molecule has 0 aromatic heterocycles. The third-order valence-electron chi connectivity index (χ3n) is 6.48. The SMILES string of the molecule is CN=C(NCC1CCN(CCOC)CC1)NCC1CCCOC1c1ccc(C)cc1.I. The molecule has 2 aliphatic heterocycles. The van der Waals surface area contributed by atoms with Crippen molar-refractivity contribution < 1.29 is 9.47 Å². The smallest absolute Gasteiger partial charge is 0.190 e. The fraction of sp³-hybridized carbons (Fsp3) is 0.708. The summed E-state index contributed by atoms with van der Waals surface area (Å²) in [5, 5.41) is 7.11. The molecule has 2 aliphatic rings. The molecule has 0 saturated carbocycles. The van der Waals surface area contributed by atoms with Crippen molar-refractivity contribution in [3.8, 4) is 0 Å². The van der Waals surface area contributed by atoms with Gasteiger partial charge in [-0.2, -0.15) is 0 Å². The Labute approximate surface area is 205 Å². The van der Waals surface area contributed by atoms with Crippen LogP contribution in [0.5, 0.6) is 0 Å². The molecule has 176 valence electrons. The summed E-state index contributed by atoms with van der Waals surface area (Å²) in [6, 6.07) is 8.78. The molecule has 6 nitrogen and oxygen atoms in total. The minimum absolute atomic E-state index is 0. The van der Waals surface area contributed by atoms with Gasteiger partial charge in [-0.05, 0) is 57.2 Å². The molecule has 0 radical (unpaired) electrons. The Bertz CT molecular complexity index is 647. The number of aryl methyl sites for hydroxylation is 1. The first-order valence-electron chi connectivity index (χ1n) is 11.5. The lowest BCUT2D eigenvalue weighted by Crippen LogP contribution is -2.45. The van der Waals surface area contributed by atoms with Crippen LogP contribution in [0.4, 0.5) is 0 Å². The summed E-state index contributed by atoms with van der Waals surface area (Å²) in [5.41, 5.74) is 2.58. The fourth-order valence-corrected chi connectivity index (χ4v) is 4.50. The number of hydrogen-bond donors (Lipinski definition) is 2. The maximum absolute atomic E-state index is 6.16. The predicted molar refractivity (Wildman–Crippen MR) is 138 cm³/mol. The number of methoxy groups -OCH3 is 1. The van der Waals surface area contributed by atoms with Crippen LogP contribution in [0.25, 0.3) is 0 Å². The zero-order chi connectivity index (χ0) is 21.2. The van der Waals surface area contributed by atoms with Crippen LogP contribution >= 0.6 is 24.0 Å². The van der Waals surface area contributed by atoms with Gasteiger partial charge in [0.25, 0.3) is 0 Å². The highest BCUT2D eigenvalue weighted by Crippen LogP contribution is 2.33. The third-order valence-corrected chi connectivity index (χ3v) is 6.48. The highest BCUT2D eigenvalue weighted by Gasteiger charge is 2.27. The molecule has 0 bridgehead atoms. The molecule has 31 heavy (non-hydrogen) atoms. The molecule has 2 fully saturated rings. The lowest BCUT2D eigenvalue weighted by Gasteiger charge is -2.33. The van der Waals surface area contributed by atoms with Gasteiger partial charge in [-0.3, -0.25) is 4.99 Å². The molecular formula is C24H41IN4O2. The maximum Gasteiger partial charge on any atom is 0.190 e. The number of halogens is 1. The van der Waals surface area contributed by atoms with Crippen molar-refractivity contribution in [2.45, 2.75) is 38.7 Å². The van der Waals surface area contributed by atoms with Crippen LogP contribution in [0.2, 0.25) is 0 Å². The molecular weight excluding hydrogens is 503 g/mol. The first-order valence-corrected chi connectivity index (χ1v) is 11.5. The van der Waals surface area contributed by atoms with E-state index in [0.717, 1.165) is 45.2 Å². The highest BCUT2D eigenvalue weighted by atomic mass is 127. The molecule has 2 heterocycles. The zero-order valence-electron chi connectivity index (χ0n) is 19.4. The summed E-state index contributed by atoms with van der Waals surface area (Å²) < 4.78 is 11.4. The lowest BCUT2D eigenvalue weighted by molar-refractivity contribution is -0.0265. The Morgan fingerprint density at radius 1 is 1.13 bits per heavy atom. The standard InChI is InChI=1S/C24H40N4O2.HI/c1-19-6-8-21(9-7-19)23-22(5-4-15-30-23)18-27-24(25-2)26-17-20-10-12-28(13-11-20)14-16-29-3;/h6-9,20,22-23H,4-5,10-18H2,1-3H3,(H2,25,26,27);1H. The zero-order valence-corrected chi connectivity index (χ0v) is 21.8. The van der Waals surface area contributed by atoms with Gasteiger partial charge in [0.05, 0.1) is 12.7 Å². The predicted octanol–water partition coefficient (Wildman–Crippen LogP) is 3.60. The van der Waals surface area contributed by atoms with Gasteiger partial charge in [-0.15, -0.1) is 24.0 Å². The first kappa shape index (κ1) is 26.4. The number of rotatable bonds is 8. The number of piperidine rings is 1. The summed E-state index contributed by atoms with van der Waals surface area (Å²) >= 11 is 0. The number of benzene rings is 1. The number of nitrogens with zero attached hydrogens (tertiary/aromatic N) is 2. The maximum atomic E-state index is 6.16. The molecule has 2 unspecified atom stereocenters. The van der Waals surface area contributed by atoms with E-state index in [1.807, 2.05) is 7.05 Å². The summed E-state index contributed by atoms with van der Waals surface area (Å²) in [4.78, 5) is 6.95. The Morgan fingerprint density at radius 3 is 2.52 bits per heavy atom. The van der Waals surface area contributed by atoms with E-state index in [0.29, 0.717) is 11.8 Å². The summed E-state index contributed by atoms with van der Waals surface area (Å²) in [7, 11) is 3.63. The quantitative estimate of drug-likeness (QED) is 0.298. The van der Waals surface area contributed by atoms with Crippen LogP contribution in [0.3, 0.4) is 0 Å². The fourth-order valence-electron chi connectivity index (χ4n) is 4.50. The van der Waals surface area contributed by atoms with Crippen molar-refractivity contribution in [3.63, 3.8) is 0 Å². The van der Waals surface area contributed by atoms with E-state index < -0.39 is 0 Å². The van der Waals surface area contributed by atoms with Gasteiger partial charge in [0.1, 0.15) is 0 Å². The second kappa shape index (κ2) is 14.3. The van der Waals surface area contributed by atoms with Crippen LogP contribution in [0, 0.1) is 18.8 Å². The molecule has 2 saturated heterocycles. The Morgan fingerprint density at radius 2 is 1.84 bits per heavy atom. The van der Waals surface area contributed by atoms with Crippen molar-refractivity contribution in [1.82, 2.24) is 15.5 Å². The monoisotopic (exact) mass is 544 g/mol. The third kappa shape index (κ3) is 8.51. The Hall–Kier alpha value is -0.900. The molecule has 1 aromatic rings. The average Bonchev–Trinajstić information content (AvgIpc) is 2.79. The van der Waals surface area contributed by atoms with E-state index in [2.05, 4.69) is 51.7 Å². The largest absolute Gasteiger partial charge is 0.383 e. The Kier molecular flexibility index (Phi) is 12.1. The minimum atomic E-state index is 0. The van der Waals surface area contributed by atoms with Gasteiger partial charge in [-0.1, -0.05) is 29.8 Å². The number of ether oxygens (including phenoxy) is 2. The van der Waals surface area contributed by atoms with Crippen LogP contribution in [-0.4, -0.2) is 71.0 Å². The van der Waals surface area contributed by atoms with Gasteiger partial charge >= 0.3 is 0 Å². The molecule has 0 aliphatic carbocycles. The van der Waals surface area contributed by atoms with Gasteiger partial charge < -0.3 is 25.0 Å². The van der Waals surface area contributed by atoms with Crippen molar-refractivity contribution in [2.24, 2.45) is 16.8 Å². The van der Waals surface area contributed by atoms with Gasteiger partial charge in [0.15, 0.2) is 5.96 Å². The average molecular weight is 545 g/mol. The Balaban J connectivity index is 0.00000341. The van der Waals surface area contributed by atoms with Crippen LogP contribution in [-0.2, 0) is 9.47 Å². The van der Waals surface area contributed by atoms with E-state index in [4.69, 9.17) is 9.47 Å². The van der Waals surface area contributed by atoms with Crippen molar-refractivity contribution in [1.29, 1.82) is 0 Å². The second-order valence-electron chi connectivity index (χ2n) is 8.72. The summed E-state index contributed by atoms with van der Waals surface area (Å²) in [5.74, 6) is 2.08. The van der Waals surface area contributed by atoms with E-state index in [-0.39, 0.29) is 30.1 Å². The number of nitrogens with one attached hydrogen (secondary N) is 2. The van der Waals surface area contributed by atoms with Gasteiger partial charge in [-0.25, -0.2) is 0 Å². The summed E-state index contributed by atoms with van der Waals surface area (Å²) in [6.07, 6.45) is 4.95. The van der Waals surface area contributed by atoms with Gasteiger partial charge in [0.2, 0.25) is 0 Å². The van der Waals surface area contributed by atoms with E-state index in [9.17, 15) is 0 Å². The molecule has 1 aromatic carbocycles. The number of aliphatic imine (C=N–C) groups is 1. The van der Waals surface area contributed by atoms with Crippen LogP contribution < -0.4 is 10.6 Å².